The average Bonchev–Trinajstić information content (AvgIpc) is 3.18. The number of nitrogens with zero attached hydrogens (tertiary/aromatic N) is 2. The molecule has 1 N–H and O–H groups in total. The molecular formula is C28H23Cl2N3O2S. The van der Waals surface area contributed by atoms with E-state index in [0.29, 0.717) is 40.1 Å². The first-order valence-electron chi connectivity index (χ1n) is 11.3. The molecule has 1 heterocycles. The molecule has 3 aromatic carbocycles. The van der Waals surface area contributed by atoms with E-state index in [1.807, 2.05) is 73.7 Å². The summed E-state index contributed by atoms with van der Waals surface area (Å²) in [6.45, 7) is 2.33. The Morgan fingerprint density at radius 2 is 1.75 bits per heavy atom. The maximum Gasteiger partial charge on any atom is 0.264 e. The lowest BCUT2D eigenvalue weighted by atomic mass is 10.1. The third-order valence-corrected chi connectivity index (χ3v) is 7.75. The minimum atomic E-state index is -0.529. The highest BCUT2D eigenvalue weighted by Gasteiger charge is 2.40. The van der Waals surface area contributed by atoms with E-state index in [0.717, 1.165) is 16.7 Å². The van der Waals surface area contributed by atoms with Gasteiger partial charge in [-0.1, -0.05) is 89.1 Å². The minimum absolute atomic E-state index is 0.0846. The van der Waals surface area contributed by atoms with E-state index >= 15 is 0 Å². The van der Waals surface area contributed by atoms with Crippen LogP contribution in [0.1, 0.15) is 16.7 Å². The van der Waals surface area contributed by atoms with E-state index in [-0.39, 0.29) is 11.5 Å². The monoisotopic (exact) mass is 535 g/mol. The van der Waals surface area contributed by atoms with Gasteiger partial charge < -0.3 is 5.32 Å². The van der Waals surface area contributed by atoms with Crippen LogP contribution in [0.2, 0.25) is 10.0 Å². The number of hydrogen-bond acceptors (Lipinski definition) is 4. The van der Waals surface area contributed by atoms with Crippen LogP contribution >= 0.6 is 35.0 Å². The van der Waals surface area contributed by atoms with E-state index < -0.39 is 11.2 Å². The highest BCUT2D eigenvalue weighted by atomic mass is 35.5. The van der Waals surface area contributed by atoms with Crippen LogP contribution in [0.4, 0.5) is 5.69 Å². The second kappa shape index (κ2) is 11.7. The van der Waals surface area contributed by atoms with Crippen LogP contribution in [-0.2, 0) is 22.4 Å². The molecule has 0 bridgehead atoms. The van der Waals surface area contributed by atoms with Crippen molar-refractivity contribution in [1.29, 1.82) is 5.26 Å². The smallest absolute Gasteiger partial charge is 0.264 e. The Kier molecular flexibility index (Phi) is 8.37. The first-order valence-corrected chi connectivity index (χ1v) is 13.0. The molecule has 1 aliphatic heterocycles. The fourth-order valence-corrected chi connectivity index (χ4v) is 5.48. The van der Waals surface area contributed by atoms with Crippen molar-refractivity contribution in [3.63, 3.8) is 0 Å². The molecule has 182 valence electrons. The van der Waals surface area contributed by atoms with Crippen molar-refractivity contribution in [1.82, 2.24) is 5.32 Å². The minimum Gasteiger partial charge on any atom is -0.351 e. The molecule has 4 rings (SSSR count). The molecule has 1 atom stereocenters. The van der Waals surface area contributed by atoms with E-state index in [1.165, 1.54) is 16.7 Å². The Bertz CT molecular complexity index is 1350. The molecule has 5 nitrogen and oxygen atoms in total. The second-order valence-corrected chi connectivity index (χ2v) is 10.4. The quantitative estimate of drug-likeness (QED) is 0.293. The van der Waals surface area contributed by atoms with Crippen molar-refractivity contribution in [2.24, 2.45) is 0 Å². The predicted molar refractivity (Wildman–Crippen MR) is 146 cm³/mol. The Labute approximate surface area is 224 Å². The summed E-state index contributed by atoms with van der Waals surface area (Å²) < 4.78 is 0. The number of anilines is 1. The molecule has 0 unspecified atom stereocenters. The van der Waals surface area contributed by atoms with Gasteiger partial charge in [-0.3, -0.25) is 14.5 Å². The lowest BCUT2D eigenvalue weighted by Gasteiger charge is -2.19. The average molecular weight is 536 g/mol. The highest BCUT2D eigenvalue weighted by Crippen LogP contribution is 2.42. The molecular weight excluding hydrogens is 513 g/mol. The molecule has 8 heteroatoms. The third kappa shape index (κ3) is 5.93. The molecule has 0 spiro atoms. The van der Waals surface area contributed by atoms with Crippen LogP contribution in [0.25, 0.3) is 0 Å². The van der Waals surface area contributed by atoms with Gasteiger partial charge in [0, 0.05) is 12.2 Å². The number of aryl methyl sites for hydroxylation is 1. The van der Waals surface area contributed by atoms with Crippen molar-refractivity contribution in [3.8, 4) is 6.07 Å². The van der Waals surface area contributed by atoms with Crippen molar-refractivity contribution in [2.45, 2.75) is 25.0 Å². The maximum absolute atomic E-state index is 13.6. The summed E-state index contributed by atoms with van der Waals surface area (Å²) in [5.74, 6) is -0.703. The van der Waals surface area contributed by atoms with Gasteiger partial charge in [0.05, 0.1) is 15.3 Å². The number of thioether (sulfide) groups is 1. The molecule has 0 aliphatic carbocycles. The van der Waals surface area contributed by atoms with Gasteiger partial charge in [-0.05, 0) is 55.2 Å². The van der Waals surface area contributed by atoms with Gasteiger partial charge in [0.25, 0.3) is 5.91 Å². The van der Waals surface area contributed by atoms with Gasteiger partial charge in [0.2, 0.25) is 5.91 Å². The summed E-state index contributed by atoms with van der Waals surface area (Å²) in [4.78, 5) is 28.1. The Hall–Kier alpha value is -3.24. The lowest BCUT2D eigenvalue weighted by molar-refractivity contribution is -0.117. The third-order valence-electron chi connectivity index (χ3n) is 5.74. The fraction of sp³-hybridized carbons (Fsp3) is 0.179. The summed E-state index contributed by atoms with van der Waals surface area (Å²) in [6, 6.07) is 24.5. The molecule has 1 saturated heterocycles. The molecule has 2 amide bonds. The number of hydrogen-bond donors (Lipinski definition) is 1. The lowest BCUT2D eigenvalue weighted by Crippen LogP contribution is -2.32. The molecule has 0 aromatic heterocycles. The highest BCUT2D eigenvalue weighted by molar-refractivity contribution is 8.05. The topological polar surface area (TPSA) is 73.2 Å². The van der Waals surface area contributed by atoms with Gasteiger partial charge in [0.15, 0.2) is 0 Å². The summed E-state index contributed by atoms with van der Waals surface area (Å²) >= 11 is 13.4. The van der Waals surface area contributed by atoms with Crippen molar-refractivity contribution < 1.29 is 9.59 Å². The maximum atomic E-state index is 13.6. The van der Waals surface area contributed by atoms with Crippen LogP contribution in [0.3, 0.4) is 0 Å². The molecule has 1 aliphatic rings. The zero-order chi connectivity index (χ0) is 25.7. The zero-order valence-corrected chi connectivity index (χ0v) is 21.8. The number of carbonyl (C=O) groups excluding carboxylic acids is 2. The number of benzene rings is 3. The number of nitriles is 1. The van der Waals surface area contributed by atoms with Gasteiger partial charge in [0.1, 0.15) is 16.7 Å². The molecule has 36 heavy (non-hydrogen) atoms. The van der Waals surface area contributed by atoms with E-state index in [2.05, 4.69) is 5.32 Å². The number of carbonyl (C=O) groups is 2. The Balaban J connectivity index is 1.62. The van der Waals surface area contributed by atoms with Gasteiger partial charge in [-0.25, -0.2) is 0 Å². The van der Waals surface area contributed by atoms with Crippen LogP contribution in [0.15, 0.2) is 83.4 Å². The summed E-state index contributed by atoms with van der Waals surface area (Å²) in [5.41, 5.74) is 3.48. The van der Waals surface area contributed by atoms with Crippen LogP contribution in [-0.4, -0.2) is 23.6 Å². The van der Waals surface area contributed by atoms with Crippen molar-refractivity contribution >= 4 is 52.5 Å². The summed E-state index contributed by atoms with van der Waals surface area (Å²) in [5, 5.41) is 13.4. The number of nitrogens with one attached hydrogen (secondary N) is 1. The number of rotatable bonds is 7. The van der Waals surface area contributed by atoms with E-state index in [1.54, 1.807) is 12.1 Å². The summed E-state index contributed by atoms with van der Waals surface area (Å²) in [6.07, 6.45) is 1.01. The molecule has 0 radical (unpaired) electrons. The molecule has 0 saturated carbocycles. The van der Waals surface area contributed by atoms with Gasteiger partial charge in [-0.15, -0.1) is 0 Å². The van der Waals surface area contributed by atoms with Crippen molar-refractivity contribution in [3.05, 3.63) is 110 Å². The van der Waals surface area contributed by atoms with Crippen LogP contribution < -0.4 is 10.2 Å². The van der Waals surface area contributed by atoms with E-state index in [9.17, 15) is 14.9 Å². The number of amides is 2. The summed E-state index contributed by atoms with van der Waals surface area (Å²) in [7, 11) is 0. The normalized spacial score (nSPS) is 16.6. The number of halogens is 2. The first kappa shape index (κ1) is 25.8. The Morgan fingerprint density at radius 1 is 1.03 bits per heavy atom. The van der Waals surface area contributed by atoms with Gasteiger partial charge >= 0.3 is 0 Å². The van der Waals surface area contributed by atoms with Crippen LogP contribution in [0.5, 0.6) is 0 Å². The fourth-order valence-electron chi connectivity index (χ4n) is 3.85. The first-order chi connectivity index (χ1) is 17.4. The zero-order valence-electron chi connectivity index (χ0n) is 19.5. The van der Waals surface area contributed by atoms with Crippen molar-refractivity contribution in [2.75, 3.05) is 11.4 Å². The predicted octanol–water partition coefficient (Wildman–Crippen LogP) is 6.09. The molecule has 3 aromatic rings. The van der Waals surface area contributed by atoms with Crippen LogP contribution in [0, 0.1) is 18.3 Å². The SMILES string of the molecule is Cc1ccc(N2C(=O)[C@@H](Cc3ccc(Cl)c(Cl)c3)S/C2=C(/C#N)C(=O)NCCc2ccccc2)cc1. The largest absolute Gasteiger partial charge is 0.351 e. The second-order valence-electron chi connectivity index (χ2n) is 8.35. The van der Waals surface area contributed by atoms with Gasteiger partial charge in [-0.2, -0.15) is 5.26 Å². The molecule has 1 fully saturated rings. The van der Waals surface area contributed by atoms with E-state index in [4.69, 9.17) is 23.2 Å². The Morgan fingerprint density at radius 3 is 2.42 bits per heavy atom. The standard InChI is InChI=1S/C28H23Cl2N3O2S/c1-18-7-10-21(11-8-18)33-27(35)25(16-20-9-12-23(29)24(30)15-20)36-28(33)22(17-31)26(34)32-14-13-19-5-3-2-4-6-19/h2-12,15,25H,13-14,16H2,1H3,(H,32,34)/b28-22-/t25-/m1/s1.